The predicted molar refractivity (Wildman–Crippen MR) is 108 cm³/mol. The lowest BCUT2D eigenvalue weighted by Crippen LogP contribution is -2.67. The lowest BCUT2D eigenvalue weighted by Gasteiger charge is -2.59. The van der Waals surface area contributed by atoms with Crippen molar-refractivity contribution >= 4 is 11.9 Å². The van der Waals surface area contributed by atoms with Crippen molar-refractivity contribution in [2.45, 2.75) is 75.2 Å². The minimum atomic E-state index is -1.14. The fourth-order valence-electron chi connectivity index (χ4n) is 6.06. The molecule has 166 valence electrons. The molecule has 0 saturated heterocycles. The summed E-state index contributed by atoms with van der Waals surface area (Å²) in [4.78, 5) is 24.4. The van der Waals surface area contributed by atoms with Crippen LogP contribution in [0.2, 0.25) is 0 Å². The topological polar surface area (TPSA) is 128 Å². The summed E-state index contributed by atoms with van der Waals surface area (Å²) in [6.07, 6.45) is 3.35. The molecule has 2 bridgehead atoms. The third-order valence-electron chi connectivity index (χ3n) is 7.48. The molecule has 1 heterocycles. The number of hydrogen-bond donors (Lipinski definition) is 3. The van der Waals surface area contributed by atoms with Crippen molar-refractivity contribution in [2.75, 3.05) is 0 Å². The first-order valence-electron chi connectivity index (χ1n) is 10.8. The van der Waals surface area contributed by atoms with Crippen LogP contribution in [0.15, 0.2) is 24.0 Å². The number of carbonyl (C=O) groups excluding carboxylic acids is 2. The number of rotatable bonds is 4. The van der Waals surface area contributed by atoms with E-state index < -0.39 is 41.2 Å². The molecule has 1 fully saturated rings. The van der Waals surface area contributed by atoms with E-state index >= 15 is 0 Å². The number of hydrogen-bond acceptors (Lipinski definition) is 8. The van der Waals surface area contributed by atoms with Gasteiger partial charge in [0.05, 0.1) is 11.0 Å². The summed E-state index contributed by atoms with van der Waals surface area (Å²) in [5.41, 5.74) is 5.58. The second-order valence-electron chi connectivity index (χ2n) is 9.23. The van der Waals surface area contributed by atoms with Crippen LogP contribution >= 0.6 is 0 Å². The van der Waals surface area contributed by atoms with E-state index in [2.05, 4.69) is 0 Å². The van der Waals surface area contributed by atoms with Crippen molar-refractivity contribution in [1.29, 1.82) is 0 Å². The van der Waals surface area contributed by atoms with Gasteiger partial charge in [0.2, 0.25) is 0 Å². The molecule has 5 rings (SSSR count). The van der Waals surface area contributed by atoms with E-state index in [0.29, 0.717) is 18.6 Å². The van der Waals surface area contributed by atoms with E-state index in [4.69, 9.17) is 19.9 Å². The van der Waals surface area contributed by atoms with Crippen molar-refractivity contribution in [3.8, 4) is 11.5 Å². The number of nitrogens with two attached hydrogens (primary N) is 1. The maximum Gasteiger partial charge on any atom is 0.352 e. The molecule has 3 aliphatic carbocycles. The van der Waals surface area contributed by atoms with Gasteiger partial charge < -0.3 is 30.2 Å². The smallest absolute Gasteiger partial charge is 0.352 e. The normalized spacial score (nSPS) is 34.0. The van der Waals surface area contributed by atoms with Gasteiger partial charge in [-0.1, -0.05) is 12.5 Å². The molecule has 1 aromatic rings. The van der Waals surface area contributed by atoms with Gasteiger partial charge in [-0.2, -0.15) is 0 Å². The Labute approximate surface area is 180 Å². The summed E-state index contributed by atoms with van der Waals surface area (Å²) in [6, 6.07) is 2.67. The molecular formula is C23H27NO7. The predicted octanol–water partition coefficient (Wildman–Crippen LogP) is 1.59. The van der Waals surface area contributed by atoms with E-state index in [1.807, 2.05) is 6.07 Å². The third kappa shape index (κ3) is 2.61. The van der Waals surface area contributed by atoms with E-state index in [1.165, 1.54) is 13.8 Å². The molecule has 0 radical (unpaired) electrons. The van der Waals surface area contributed by atoms with Gasteiger partial charge in [0, 0.05) is 5.56 Å². The van der Waals surface area contributed by atoms with Crippen LogP contribution in [-0.4, -0.2) is 46.0 Å². The molecule has 8 nitrogen and oxygen atoms in total. The molecule has 4 N–H and O–H groups in total. The lowest BCUT2D eigenvalue weighted by atomic mass is 9.47. The Bertz CT molecular complexity index is 1000. The number of esters is 2. The zero-order valence-electron chi connectivity index (χ0n) is 17.6. The Hall–Kier alpha value is -2.58. The van der Waals surface area contributed by atoms with E-state index in [9.17, 15) is 19.8 Å². The number of ether oxygens (including phenoxy) is 3. The molecule has 0 amide bonds. The van der Waals surface area contributed by atoms with Gasteiger partial charge in [0.25, 0.3) is 0 Å². The van der Waals surface area contributed by atoms with Crippen LogP contribution < -0.4 is 10.5 Å². The molecule has 31 heavy (non-hydrogen) atoms. The van der Waals surface area contributed by atoms with Gasteiger partial charge in [-0.3, -0.25) is 4.79 Å². The quantitative estimate of drug-likeness (QED) is 0.616. The van der Waals surface area contributed by atoms with Gasteiger partial charge in [0.15, 0.2) is 23.7 Å². The maximum atomic E-state index is 12.7. The highest BCUT2D eigenvalue weighted by Gasteiger charge is 2.70. The zero-order valence-corrected chi connectivity index (χ0v) is 17.6. The second kappa shape index (κ2) is 6.71. The fraction of sp³-hybridized carbons (Fsp3) is 0.565. The molecule has 6 atom stereocenters. The molecule has 1 aliphatic heterocycles. The highest BCUT2D eigenvalue weighted by atomic mass is 16.6. The van der Waals surface area contributed by atoms with Gasteiger partial charge in [-0.25, -0.2) is 4.79 Å². The van der Waals surface area contributed by atoms with Gasteiger partial charge in [-0.15, -0.1) is 0 Å². The highest BCUT2D eigenvalue weighted by molar-refractivity contribution is 5.82. The summed E-state index contributed by atoms with van der Waals surface area (Å²) in [5.74, 6) is -0.719. The van der Waals surface area contributed by atoms with Crippen LogP contribution in [0.4, 0.5) is 0 Å². The standard InChI is InChI=1S/C23H27NO7/c1-11(24)20(26)29-12(2)21(27)30-16-7-9-23(28)14-4-3-8-22(23)17-13(10-14)5-6-15(25)18(17)31-19(16)22/h5-7,11-12,14,19,25,28H,3-4,8-10,24H2,1-2H3/t11-,12-,14+,19-,22?,23+/m0/s1. The van der Waals surface area contributed by atoms with Crippen LogP contribution in [0.3, 0.4) is 0 Å². The maximum absolute atomic E-state index is 12.7. The monoisotopic (exact) mass is 429 g/mol. The van der Waals surface area contributed by atoms with E-state index in [-0.39, 0.29) is 17.4 Å². The van der Waals surface area contributed by atoms with Crippen molar-refractivity contribution in [3.63, 3.8) is 0 Å². The van der Waals surface area contributed by atoms with Gasteiger partial charge in [0.1, 0.15) is 11.8 Å². The average Bonchev–Trinajstić information content (AvgIpc) is 3.06. The van der Waals surface area contributed by atoms with Crippen LogP contribution in [0.25, 0.3) is 0 Å². The van der Waals surface area contributed by atoms with Crippen LogP contribution in [-0.2, 0) is 30.9 Å². The molecule has 1 aromatic carbocycles. The van der Waals surface area contributed by atoms with Gasteiger partial charge >= 0.3 is 11.9 Å². The first-order chi connectivity index (χ1) is 14.7. The minimum Gasteiger partial charge on any atom is -0.504 e. The zero-order chi connectivity index (χ0) is 22.1. The van der Waals surface area contributed by atoms with Crippen LogP contribution in [0, 0.1) is 5.92 Å². The first-order valence-corrected chi connectivity index (χ1v) is 10.8. The average molecular weight is 429 g/mol. The fourth-order valence-corrected chi connectivity index (χ4v) is 6.06. The van der Waals surface area contributed by atoms with E-state index in [0.717, 1.165) is 30.4 Å². The number of benzene rings is 1. The first kappa shape index (κ1) is 20.3. The lowest BCUT2D eigenvalue weighted by molar-refractivity contribution is -0.171. The summed E-state index contributed by atoms with van der Waals surface area (Å²) in [5, 5.41) is 22.4. The second-order valence-corrected chi connectivity index (χ2v) is 9.23. The Morgan fingerprint density at radius 2 is 2.06 bits per heavy atom. The number of aromatic hydroxyl groups is 1. The molecule has 8 heteroatoms. The molecule has 1 spiro atoms. The largest absolute Gasteiger partial charge is 0.504 e. The number of phenols is 1. The van der Waals surface area contributed by atoms with Crippen molar-refractivity contribution in [3.05, 3.63) is 35.1 Å². The Morgan fingerprint density at radius 1 is 1.29 bits per heavy atom. The third-order valence-corrected chi connectivity index (χ3v) is 7.48. The van der Waals surface area contributed by atoms with Crippen molar-refractivity contribution < 1.29 is 34.0 Å². The van der Waals surface area contributed by atoms with Gasteiger partial charge in [-0.05, 0) is 63.2 Å². The highest BCUT2D eigenvalue weighted by Crippen LogP contribution is 2.67. The summed E-state index contributed by atoms with van der Waals surface area (Å²) < 4.78 is 16.9. The Kier molecular flexibility index (Phi) is 4.40. The number of aliphatic hydroxyl groups is 1. The Balaban J connectivity index is 1.51. The molecule has 1 unspecified atom stereocenters. The SMILES string of the molecule is C[C@H](N)C(=O)O[C@@H](C)C(=O)OC1=CC[C@@]2(O)[C@@H]3CCCC24c2c(ccc(O)c2O[C@@H]14)C3. The molecular weight excluding hydrogens is 402 g/mol. The number of phenolic OH excluding ortho intramolecular Hbond substituents is 1. The van der Waals surface area contributed by atoms with Crippen LogP contribution in [0.1, 0.15) is 50.7 Å². The van der Waals surface area contributed by atoms with Crippen molar-refractivity contribution in [2.24, 2.45) is 11.7 Å². The summed E-state index contributed by atoms with van der Waals surface area (Å²) in [6.45, 7) is 2.90. The summed E-state index contributed by atoms with van der Waals surface area (Å²) in [7, 11) is 0. The molecule has 1 saturated carbocycles. The van der Waals surface area contributed by atoms with E-state index in [1.54, 1.807) is 12.1 Å². The molecule has 4 aliphatic rings. The minimum absolute atomic E-state index is 0.0128. The summed E-state index contributed by atoms with van der Waals surface area (Å²) >= 11 is 0. The number of carbonyl (C=O) groups is 2. The van der Waals surface area contributed by atoms with Crippen LogP contribution in [0.5, 0.6) is 11.5 Å². The molecule has 0 aromatic heterocycles. The van der Waals surface area contributed by atoms with Crippen molar-refractivity contribution in [1.82, 2.24) is 0 Å². The Morgan fingerprint density at radius 3 is 2.81 bits per heavy atom.